The van der Waals surface area contributed by atoms with Crippen molar-refractivity contribution in [2.24, 2.45) is 0 Å². The SMILES string of the molecule is COc1ccc(/C=C/OC(=O)N(C)C)cc1OC. The highest BCUT2D eigenvalue weighted by molar-refractivity contribution is 5.68. The number of nitrogens with zero attached hydrogens (tertiary/aromatic N) is 1. The fraction of sp³-hybridized carbons (Fsp3) is 0.308. The van der Waals surface area contributed by atoms with Crippen LogP contribution in [-0.4, -0.2) is 39.3 Å². The van der Waals surface area contributed by atoms with Gasteiger partial charge in [0, 0.05) is 14.1 Å². The van der Waals surface area contributed by atoms with Gasteiger partial charge in [0.25, 0.3) is 0 Å². The van der Waals surface area contributed by atoms with Crippen molar-refractivity contribution in [2.45, 2.75) is 0 Å². The third kappa shape index (κ3) is 3.69. The molecule has 18 heavy (non-hydrogen) atoms. The van der Waals surface area contributed by atoms with E-state index in [4.69, 9.17) is 14.2 Å². The van der Waals surface area contributed by atoms with Crippen molar-refractivity contribution in [1.29, 1.82) is 0 Å². The average Bonchev–Trinajstić information content (AvgIpc) is 2.38. The number of carbonyl (C=O) groups is 1. The van der Waals surface area contributed by atoms with E-state index in [0.29, 0.717) is 11.5 Å². The molecule has 0 heterocycles. The molecule has 98 valence electrons. The Bertz CT molecular complexity index is 441. The summed E-state index contributed by atoms with van der Waals surface area (Å²) in [4.78, 5) is 12.5. The first-order chi connectivity index (χ1) is 8.58. The quantitative estimate of drug-likeness (QED) is 0.771. The Kier molecular flexibility index (Phi) is 5.05. The minimum absolute atomic E-state index is 0.424. The minimum Gasteiger partial charge on any atom is -0.493 e. The van der Waals surface area contributed by atoms with Gasteiger partial charge in [-0.25, -0.2) is 4.79 Å². The summed E-state index contributed by atoms with van der Waals surface area (Å²) in [6.45, 7) is 0. The van der Waals surface area contributed by atoms with Crippen LogP contribution < -0.4 is 9.47 Å². The molecule has 0 aliphatic rings. The zero-order chi connectivity index (χ0) is 13.5. The lowest BCUT2D eigenvalue weighted by atomic mass is 10.2. The topological polar surface area (TPSA) is 48.0 Å². The van der Waals surface area contributed by atoms with E-state index < -0.39 is 6.09 Å². The van der Waals surface area contributed by atoms with Crippen LogP contribution in [0.15, 0.2) is 24.5 Å². The largest absolute Gasteiger partial charge is 0.493 e. The molecule has 1 rings (SSSR count). The number of methoxy groups -OCH3 is 2. The van der Waals surface area contributed by atoms with Crippen molar-refractivity contribution in [3.05, 3.63) is 30.0 Å². The second kappa shape index (κ2) is 6.54. The summed E-state index contributed by atoms with van der Waals surface area (Å²) in [6, 6.07) is 5.41. The molecule has 1 aromatic carbocycles. The highest BCUT2D eigenvalue weighted by Gasteiger charge is 2.03. The van der Waals surface area contributed by atoms with E-state index in [-0.39, 0.29) is 0 Å². The van der Waals surface area contributed by atoms with Gasteiger partial charge in [0.2, 0.25) is 0 Å². The Morgan fingerprint density at radius 1 is 1.17 bits per heavy atom. The normalized spacial score (nSPS) is 10.2. The zero-order valence-electron chi connectivity index (χ0n) is 11.0. The molecule has 5 heteroatoms. The Hall–Kier alpha value is -2.17. The summed E-state index contributed by atoms with van der Waals surface area (Å²) in [5.74, 6) is 1.28. The van der Waals surface area contributed by atoms with Gasteiger partial charge in [-0.15, -0.1) is 0 Å². The predicted molar refractivity (Wildman–Crippen MR) is 68.7 cm³/mol. The van der Waals surface area contributed by atoms with Gasteiger partial charge in [-0.2, -0.15) is 0 Å². The monoisotopic (exact) mass is 251 g/mol. The summed E-state index contributed by atoms with van der Waals surface area (Å²) in [7, 11) is 6.38. The molecule has 0 spiro atoms. The molecular weight excluding hydrogens is 234 g/mol. The average molecular weight is 251 g/mol. The van der Waals surface area contributed by atoms with E-state index in [0.717, 1.165) is 5.56 Å². The molecule has 0 atom stereocenters. The van der Waals surface area contributed by atoms with Crippen molar-refractivity contribution < 1.29 is 19.0 Å². The van der Waals surface area contributed by atoms with Gasteiger partial charge in [0.15, 0.2) is 11.5 Å². The van der Waals surface area contributed by atoms with Crippen LogP contribution in [0.2, 0.25) is 0 Å². The third-order valence-electron chi connectivity index (χ3n) is 2.20. The summed E-state index contributed by atoms with van der Waals surface area (Å²) in [5, 5.41) is 0. The van der Waals surface area contributed by atoms with Crippen LogP contribution in [-0.2, 0) is 4.74 Å². The van der Waals surface area contributed by atoms with Crippen LogP contribution in [0.5, 0.6) is 11.5 Å². The number of ether oxygens (including phenoxy) is 3. The van der Waals surface area contributed by atoms with Gasteiger partial charge < -0.3 is 19.1 Å². The molecule has 0 N–H and O–H groups in total. The standard InChI is InChI=1S/C13H17NO4/c1-14(2)13(15)18-8-7-10-5-6-11(16-3)12(9-10)17-4/h5-9H,1-4H3/b8-7+. The first-order valence-corrected chi connectivity index (χ1v) is 5.35. The highest BCUT2D eigenvalue weighted by Crippen LogP contribution is 2.27. The van der Waals surface area contributed by atoms with E-state index >= 15 is 0 Å². The number of rotatable bonds is 4. The van der Waals surface area contributed by atoms with Crippen LogP contribution in [0, 0.1) is 0 Å². The fourth-order valence-corrected chi connectivity index (χ4v) is 1.23. The molecule has 5 nitrogen and oxygen atoms in total. The second-order valence-electron chi connectivity index (χ2n) is 3.70. The highest BCUT2D eigenvalue weighted by atomic mass is 16.5. The van der Waals surface area contributed by atoms with E-state index in [1.54, 1.807) is 46.5 Å². The predicted octanol–water partition coefficient (Wildman–Crippen LogP) is 2.37. The lowest BCUT2D eigenvalue weighted by molar-refractivity contribution is 0.156. The maximum Gasteiger partial charge on any atom is 0.414 e. The molecule has 0 fully saturated rings. The van der Waals surface area contributed by atoms with Crippen LogP contribution in [0.3, 0.4) is 0 Å². The van der Waals surface area contributed by atoms with Gasteiger partial charge in [-0.3, -0.25) is 0 Å². The van der Waals surface area contributed by atoms with Gasteiger partial charge in [0.05, 0.1) is 20.5 Å². The minimum atomic E-state index is -0.424. The van der Waals surface area contributed by atoms with Crippen molar-refractivity contribution in [2.75, 3.05) is 28.3 Å². The molecular formula is C13H17NO4. The van der Waals surface area contributed by atoms with Crippen molar-refractivity contribution in [3.8, 4) is 11.5 Å². The zero-order valence-corrected chi connectivity index (χ0v) is 11.0. The lowest BCUT2D eigenvalue weighted by Crippen LogP contribution is -2.20. The van der Waals surface area contributed by atoms with Crippen LogP contribution in [0.25, 0.3) is 6.08 Å². The summed E-state index contributed by atoms with van der Waals surface area (Å²) in [6.07, 6.45) is 2.58. The molecule has 0 aromatic heterocycles. The molecule has 0 bridgehead atoms. The van der Waals surface area contributed by atoms with Crippen LogP contribution >= 0.6 is 0 Å². The number of hydrogen-bond donors (Lipinski definition) is 0. The number of benzene rings is 1. The maximum absolute atomic E-state index is 11.2. The second-order valence-corrected chi connectivity index (χ2v) is 3.70. The fourth-order valence-electron chi connectivity index (χ4n) is 1.23. The Morgan fingerprint density at radius 3 is 2.39 bits per heavy atom. The molecule has 0 radical (unpaired) electrons. The molecule has 0 aliphatic carbocycles. The lowest BCUT2D eigenvalue weighted by Gasteiger charge is -2.08. The molecule has 0 saturated heterocycles. The van der Waals surface area contributed by atoms with Gasteiger partial charge in [-0.05, 0) is 23.8 Å². The van der Waals surface area contributed by atoms with Crippen LogP contribution in [0.1, 0.15) is 5.56 Å². The Morgan fingerprint density at radius 2 is 1.83 bits per heavy atom. The summed E-state index contributed by atoms with van der Waals surface area (Å²) >= 11 is 0. The Labute approximate surface area is 107 Å². The maximum atomic E-state index is 11.2. The third-order valence-corrected chi connectivity index (χ3v) is 2.20. The Balaban J connectivity index is 2.73. The number of amides is 1. The summed E-state index contributed by atoms with van der Waals surface area (Å²) in [5.41, 5.74) is 0.846. The van der Waals surface area contributed by atoms with E-state index in [1.165, 1.54) is 11.2 Å². The molecule has 0 saturated carbocycles. The van der Waals surface area contributed by atoms with E-state index in [2.05, 4.69) is 0 Å². The van der Waals surface area contributed by atoms with Gasteiger partial charge >= 0.3 is 6.09 Å². The van der Waals surface area contributed by atoms with E-state index in [1.807, 2.05) is 6.07 Å². The van der Waals surface area contributed by atoms with Crippen molar-refractivity contribution >= 4 is 12.2 Å². The molecule has 1 aromatic rings. The smallest absolute Gasteiger partial charge is 0.414 e. The molecule has 0 unspecified atom stereocenters. The van der Waals surface area contributed by atoms with Gasteiger partial charge in [0.1, 0.15) is 0 Å². The van der Waals surface area contributed by atoms with E-state index in [9.17, 15) is 4.79 Å². The summed E-state index contributed by atoms with van der Waals surface area (Å²) < 4.78 is 15.2. The number of carbonyl (C=O) groups excluding carboxylic acids is 1. The first-order valence-electron chi connectivity index (χ1n) is 5.35. The van der Waals surface area contributed by atoms with Crippen LogP contribution in [0.4, 0.5) is 4.79 Å². The van der Waals surface area contributed by atoms with Gasteiger partial charge in [-0.1, -0.05) is 6.07 Å². The molecule has 0 aliphatic heterocycles. The number of hydrogen-bond acceptors (Lipinski definition) is 4. The van der Waals surface area contributed by atoms with Crippen molar-refractivity contribution in [3.63, 3.8) is 0 Å². The first kappa shape index (κ1) is 13.9. The van der Waals surface area contributed by atoms with Crippen molar-refractivity contribution in [1.82, 2.24) is 4.90 Å². The molecule has 1 amide bonds.